The first-order valence-electron chi connectivity index (χ1n) is 6.30. The summed E-state index contributed by atoms with van der Waals surface area (Å²) in [5.41, 5.74) is 4.37. The zero-order valence-corrected chi connectivity index (χ0v) is 12.3. The van der Waals surface area contributed by atoms with Crippen LogP contribution < -0.4 is 11.1 Å². The number of nitrogens with two attached hydrogens (primary N) is 1. The van der Waals surface area contributed by atoms with Crippen molar-refractivity contribution in [1.82, 2.24) is 10.2 Å². The molecule has 1 aromatic rings. The molecule has 0 bridgehead atoms. The Morgan fingerprint density at radius 3 is 2.50 bits per heavy atom. The number of halogens is 2. The van der Waals surface area contributed by atoms with Crippen LogP contribution >= 0.6 is 0 Å². The molecule has 1 aromatic carbocycles. The molecule has 1 rings (SSSR count). The maximum absolute atomic E-state index is 13.7. The summed E-state index contributed by atoms with van der Waals surface area (Å²) in [5, 5.41) is 2.61. The zero-order chi connectivity index (χ0) is 15.5. The normalized spacial score (nSPS) is 11.8. The van der Waals surface area contributed by atoms with Crippen LogP contribution in [0.5, 0.6) is 0 Å². The fourth-order valence-electron chi connectivity index (χ4n) is 2.10. The number of carbonyl (C=O) groups is 1. The molecular formula is C14H21F2N3O. The van der Waals surface area contributed by atoms with Crippen LogP contribution in [0.2, 0.25) is 0 Å². The van der Waals surface area contributed by atoms with Crippen molar-refractivity contribution in [3.05, 3.63) is 29.3 Å². The molecule has 0 spiro atoms. The van der Waals surface area contributed by atoms with Gasteiger partial charge in [-0.2, -0.15) is 0 Å². The summed E-state index contributed by atoms with van der Waals surface area (Å²) in [5.74, 6) is -2.29. The highest BCUT2D eigenvalue weighted by molar-refractivity contribution is 5.95. The van der Waals surface area contributed by atoms with Gasteiger partial charge in [-0.3, -0.25) is 4.79 Å². The minimum atomic E-state index is -0.894. The Bertz CT molecular complexity index is 501. The van der Waals surface area contributed by atoms with Gasteiger partial charge in [-0.1, -0.05) is 13.8 Å². The van der Waals surface area contributed by atoms with E-state index < -0.39 is 17.5 Å². The smallest absolute Gasteiger partial charge is 0.254 e. The molecule has 3 N–H and O–H groups in total. The molecule has 0 radical (unpaired) electrons. The van der Waals surface area contributed by atoms with E-state index in [1.54, 1.807) is 0 Å². The van der Waals surface area contributed by atoms with Gasteiger partial charge >= 0.3 is 0 Å². The van der Waals surface area contributed by atoms with Gasteiger partial charge < -0.3 is 16.0 Å². The van der Waals surface area contributed by atoms with Gasteiger partial charge in [-0.25, -0.2) is 8.78 Å². The molecular weight excluding hydrogens is 264 g/mol. The highest BCUT2D eigenvalue weighted by Gasteiger charge is 2.22. The van der Waals surface area contributed by atoms with Crippen LogP contribution in [-0.4, -0.2) is 38.0 Å². The summed E-state index contributed by atoms with van der Waals surface area (Å²) in [6.07, 6.45) is 0. The predicted octanol–water partition coefficient (Wildman–Crippen LogP) is 1.86. The lowest BCUT2D eigenvalue weighted by atomic mass is 9.93. The first-order valence-corrected chi connectivity index (χ1v) is 6.30. The first kappa shape index (κ1) is 16.4. The fourth-order valence-corrected chi connectivity index (χ4v) is 2.10. The Kier molecular flexibility index (Phi) is 5.05. The Morgan fingerprint density at radius 2 is 1.95 bits per heavy atom. The van der Waals surface area contributed by atoms with Crippen molar-refractivity contribution >= 4 is 11.6 Å². The maximum Gasteiger partial charge on any atom is 0.254 e. The molecule has 20 heavy (non-hydrogen) atoms. The van der Waals surface area contributed by atoms with E-state index in [1.165, 1.54) is 0 Å². The Balaban J connectivity index is 2.78. The van der Waals surface area contributed by atoms with E-state index in [1.807, 2.05) is 32.8 Å². The number of nitrogens with one attached hydrogen (secondary N) is 1. The minimum absolute atomic E-state index is 0.186. The topological polar surface area (TPSA) is 58.4 Å². The number of carbonyl (C=O) groups excluding carboxylic acids is 1. The van der Waals surface area contributed by atoms with Crippen LogP contribution in [0.1, 0.15) is 24.2 Å². The molecule has 0 saturated carbocycles. The molecule has 0 unspecified atom stereocenters. The van der Waals surface area contributed by atoms with Crippen molar-refractivity contribution in [2.24, 2.45) is 5.41 Å². The Labute approximate surface area is 117 Å². The van der Waals surface area contributed by atoms with E-state index in [0.29, 0.717) is 6.54 Å². The van der Waals surface area contributed by atoms with Crippen LogP contribution in [0.15, 0.2) is 12.1 Å². The third-order valence-corrected chi connectivity index (χ3v) is 2.78. The zero-order valence-electron chi connectivity index (χ0n) is 12.3. The average Bonchev–Trinajstić information content (AvgIpc) is 2.29. The molecule has 0 aliphatic heterocycles. The van der Waals surface area contributed by atoms with Crippen LogP contribution in [0.3, 0.4) is 0 Å². The lowest BCUT2D eigenvalue weighted by molar-refractivity contribution is 0.0924. The van der Waals surface area contributed by atoms with Gasteiger partial charge in [0.2, 0.25) is 0 Å². The number of nitrogen functional groups attached to an aromatic ring is 1. The van der Waals surface area contributed by atoms with Crippen LogP contribution in [0.25, 0.3) is 0 Å². The monoisotopic (exact) mass is 285 g/mol. The summed E-state index contributed by atoms with van der Waals surface area (Å²) in [4.78, 5) is 13.9. The number of hydrogen-bond donors (Lipinski definition) is 2. The van der Waals surface area contributed by atoms with Gasteiger partial charge in [0.05, 0.1) is 11.3 Å². The summed E-state index contributed by atoms with van der Waals surface area (Å²) < 4.78 is 26.9. The molecule has 4 nitrogen and oxygen atoms in total. The summed E-state index contributed by atoms with van der Waals surface area (Å²) >= 11 is 0. The lowest BCUT2D eigenvalue weighted by Gasteiger charge is -2.28. The molecule has 0 atom stereocenters. The largest absolute Gasteiger partial charge is 0.396 e. The van der Waals surface area contributed by atoms with Crippen LogP contribution in [-0.2, 0) is 0 Å². The third kappa shape index (κ3) is 4.45. The van der Waals surface area contributed by atoms with Crippen molar-refractivity contribution in [3.63, 3.8) is 0 Å². The van der Waals surface area contributed by atoms with Crippen molar-refractivity contribution in [1.29, 1.82) is 0 Å². The third-order valence-electron chi connectivity index (χ3n) is 2.78. The number of amides is 1. The summed E-state index contributed by atoms with van der Waals surface area (Å²) in [6, 6.07) is 1.70. The maximum atomic E-state index is 13.7. The van der Waals surface area contributed by atoms with Gasteiger partial charge in [-0.15, -0.1) is 0 Å². The van der Waals surface area contributed by atoms with Crippen molar-refractivity contribution in [2.75, 3.05) is 32.9 Å². The van der Waals surface area contributed by atoms with Crippen molar-refractivity contribution in [3.8, 4) is 0 Å². The summed E-state index contributed by atoms with van der Waals surface area (Å²) in [7, 11) is 3.85. The van der Waals surface area contributed by atoms with E-state index in [0.717, 1.165) is 18.7 Å². The number of nitrogens with zero attached hydrogens (tertiary/aromatic N) is 1. The standard InChI is InChI=1S/C14H21F2N3O/c1-14(2,8-19(3)4)7-18-13(20)10-5-9(15)6-11(17)12(10)16/h5-6H,7-8,17H2,1-4H3,(H,18,20). The molecule has 0 heterocycles. The lowest BCUT2D eigenvalue weighted by Crippen LogP contribution is -2.40. The Morgan fingerprint density at radius 1 is 1.35 bits per heavy atom. The van der Waals surface area contributed by atoms with Crippen molar-refractivity contribution < 1.29 is 13.6 Å². The molecule has 0 saturated heterocycles. The first-order chi connectivity index (χ1) is 9.12. The van der Waals surface area contributed by atoms with E-state index >= 15 is 0 Å². The molecule has 1 amide bonds. The highest BCUT2D eigenvalue weighted by Crippen LogP contribution is 2.18. The van der Waals surface area contributed by atoms with Gasteiger partial charge in [0.1, 0.15) is 5.82 Å². The Hall–Kier alpha value is -1.69. The van der Waals surface area contributed by atoms with Crippen LogP contribution in [0, 0.1) is 17.0 Å². The molecule has 0 aromatic heterocycles. The number of rotatable bonds is 5. The molecule has 0 aliphatic carbocycles. The molecule has 0 fully saturated rings. The van der Waals surface area contributed by atoms with E-state index in [4.69, 9.17) is 5.73 Å². The SMILES string of the molecule is CN(C)CC(C)(C)CNC(=O)c1cc(F)cc(N)c1F. The average molecular weight is 285 g/mol. The second kappa shape index (κ2) is 6.17. The molecule has 112 valence electrons. The second-order valence-corrected chi connectivity index (χ2v) is 5.94. The van der Waals surface area contributed by atoms with Gasteiger partial charge in [-0.05, 0) is 31.6 Å². The van der Waals surface area contributed by atoms with E-state index in [-0.39, 0.29) is 16.7 Å². The van der Waals surface area contributed by atoms with Gasteiger partial charge in [0.25, 0.3) is 5.91 Å². The van der Waals surface area contributed by atoms with E-state index in [2.05, 4.69) is 5.32 Å². The van der Waals surface area contributed by atoms with Gasteiger partial charge in [0.15, 0.2) is 5.82 Å². The van der Waals surface area contributed by atoms with E-state index in [9.17, 15) is 13.6 Å². The predicted molar refractivity (Wildman–Crippen MR) is 75.4 cm³/mol. The minimum Gasteiger partial charge on any atom is -0.396 e. The molecule has 0 aliphatic rings. The van der Waals surface area contributed by atoms with Gasteiger partial charge in [0, 0.05) is 13.1 Å². The number of anilines is 1. The summed E-state index contributed by atoms with van der Waals surface area (Å²) in [6.45, 7) is 5.05. The second-order valence-electron chi connectivity index (χ2n) is 5.94. The number of benzene rings is 1. The quantitative estimate of drug-likeness (QED) is 0.812. The highest BCUT2D eigenvalue weighted by atomic mass is 19.1. The van der Waals surface area contributed by atoms with Crippen molar-refractivity contribution in [2.45, 2.75) is 13.8 Å². The number of hydrogen-bond acceptors (Lipinski definition) is 3. The van der Waals surface area contributed by atoms with Crippen LogP contribution in [0.4, 0.5) is 14.5 Å². The fraction of sp³-hybridized carbons (Fsp3) is 0.500. The molecule has 6 heteroatoms.